The van der Waals surface area contributed by atoms with E-state index in [0.717, 1.165) is 0 Å². The highest BCUT2D eigenvalue weighted by atomic mass is 31.1. The first kappa shape index (κ1) is 54.8. The average molecular weight is 844 g/mol. The van der Waals surface area contributed by atoms with Gasteiger partial charge in [-0.05, 0) is 0 Å². The van der Waals surface area contributed by atoms with Crippen molar-refractivity contribution in [1.82, 2.24) is 0 Å². The second-order valence-corrected chi connectivity index (χ2v) is 12.6. The first-order chi connectivity index (χ1) is 27.3. The molecule has 0 spiro atoms. The van der Waals surface area contributed by atoms with Crippen molar-refractivity contribution < 1.29 is 84.8 Å². The third kappa shape index (κ3) is 46.4. The van der Waals surface area contributed by atoms with Crippen molar-refractivity contribution in [3.8, 4) is 0 Å². The van der Waals surface area contributed by atoms with E-state index < -0.39 is 0 Å². The summed E-state index contributed by atoms with van der Waals surface area (Å²) in [5.74, 6) is 0. The first-order valence-electron chi connectivity index (χ1n) is 18.6. The zero-order valence-electron chi connectivity index (χ0n) is 33.7. The average Bonchev–Trinajstić information content (AvgIpc) is 3.19. The van der Waals surface area contributed by atoms with Gasteiger partial charge in [-0.2, -0.15) is 4.52 Å². The van der Waals surface area contributed by atoms with Crippen molar-refractivity contribution in [2.45, 2.75) is 12.2 Å². The predicted octanol–water partition coefficient (Wildman–Crippen LogP) is 2.09. The fraction of sp³-hybridized carbons (Fsp3) is 1.00. The molecule has 3 atom stereocenters. The summed E-state index contributed by atoms with van der Waals surface area (Å²) in [6.45, 7) is 12.7. The molecule has 0 aliphatic rings. The van der Waals surface area contributed by atoms with Gasteiger partial charge in [-0.3, -0.25) is 0 Å². The summed E-state index contributed by atoms with van der Waals surface area (Å²) in [4.78, 5) is 0. The van der Waals surface area contributed by atoms with Gasteiger partial charge in [0.05, 0.1) is 185 Å². The molecule has 0 aliphatic heterocycles. The minimum Gasteiger partial charge on any atom is -0.382 e. The van der Waals surface area contributed by atoms with Gasteiger partial charge in [0.25, 0.3) is 0 Å². The van der Waals surface area contributed by atoms with Gasteiger partial charge < -0.3 is 84.8 Å². The number of hydrogen-bond donors (Lipinski definition) is 0. The number of rotatable bonds is 49. The molecule has 19 nitrogen and oxygen atoms in total. The van der Waals surface area contributed by atoms with E-state index in [1.54, 1.807) is 28.4 Å². The number of nitrogens with zero attached hydrogens (tertiary/aromatic N) is 1. The summed E-state index contributed by atoms with van der Waals surface area (Å²) in [6, 6.07) is 0. The highest BCUT2D eigenvalue weighted by molar-refractivity contribution is 7.39. The van der Waals surface area contributed by atoms with Crippen LogP contribution in [0.25, 0.3) is 0 Å². The van der Waals surface area contributed by atoms with Crippen molar-refractivity contribution in [3.05, 3.63) is 0 Å². The first-order valence-corrected chi connectivity index (χ1v) is 20.3. The van der Waals surface area contributed by atoms with Crippen molar-refractivity contribution in [3.63, 3.8) is 0 Å². The molecule has 0 heterocycles. The van der Waals surface area contributed by atoms with E-state index >= 15 is 0 Å². The van der Waals surface area contributed by atoms with Crippen LogP contribution in [0.3, 0.4) is 0 Å². The van der Waals surface area contributed by atoms with E-state index in [0.29, 0.717) is 180 Å². The van der Waals surface area contributed by atoms with Crippen LogP contribution in [0.2, 0.25) is 0 Å². The largest absolute Gasteiger partial charge is 0.382 e. The summed E-state index contributed by atoms with van der Waals surface area (Å²) in [5.41, 5.74) is 0. The normalized spacial score (nSPS) is 13.2. The minimum absolute atomic E-state index is 0.161. The Morgan fingerprint density at radius 3 is 0.982 bits per heavy atom. The molecular formula is C34H71NO18P2. The fourth-order valence-corrected chi connectivity index (χ4v) is 4.77. The molecule has 0 rings (SSSR count). The van der Waals surface area contributed by atoms with E-state index in [1.165, 1.54) is 0 Å². The zero-order valence-corrected chi connectivity index (χ0v) is 35.6. The Kier molecular flexibility index (Phi) is 49.8. The van der Waals surface area contributed by atoms with Crippen LogP contribution in [0.5, 0.6) is 0 Å². The summed E-state index contributed by atoms with van der Waals surface area (Å²) in [6.07, 6.45) is -0.646. The van der Waals surface area contributed by atoms with Gasteiger partial charge in [-0.25, -0.2) is 0 Å². The summed E-state index contributed by atoms with van der Waals surface area (Å²) < 4.78 is 103. The maximum atomic E-state index is 5.95. The Balaban J connectivity index is 4.50. The van der Waals surface area contributed by atoms with Gasteiger partial charge >= 0.3 is 0 Å². The van der Waals surface area contributed by atoms with E-state index in [1.807, 2.05) is 0 Å². The molecule has 0 N–H and O–H groups in total. The van der Waals surface area contributed by atoms with Gasteiger partial charge in [0.1, 0.15) is 21.2 Å². The minimum atomic E-state index is -0.327. The Labute approximate surface area is 332 Å². The molecule has 0 aromatic heterocycles. The topological polar surface area (TPSA) is 178 Å². The monoisotopic (exact) mass is 843 g/mol. The van der Waals surface area contributed by atoms with E-state index in [9.17, 15) is 0 Å². The quantitative estimate of drug-likeness (QED) is 0.0642. The number of ether oxygens (including phenoxy) is 16. The molecule has 0 aromatic rings. The molecule has 0 amide bonds. The van der Waals surface area contributed by atoms with E-state index in [-0.39, 0.29) is 34.4 Å². The molecule has 0 saturated heterocycles. The number of methoxy groups -OCH3 is 4. The van der Waals surface area contributed by atoms with Crippen LogP contribution in [-0.2, 0) is 84.8 Å². The van der Waals surface area contributed by atoms with Crippen LogP contribution in [0.1, 0.15) is 0 Å². The third-order valence-corrected chi connectivity index (χ3v) is 7.68. The second kappa shape index (κ2) is 50.0. The van der Waals surface area contributed by atoms with Crippen molar-refractivity contribution >= 4 is 17.6 Å². The third-order valence-electron chi connectivity index (χ3n) is 6.46. The Morgan fingerprint density at radius 1 is 0.345 bits per heavy atom. The molecule has 0 aliphatic carbocycles. The highest BCUT2D eigenvalue weighted by Gasteiger charge is 2.12. The van der Waals surface area contributed by atoms with Crippen LogP contribution in [0.15, 0.2) is 4.52 Å². The lowest BCUT2D eigenvalue weighted by atomic mass is 10.4. The summed E-state index contributed by atoms with van der Waals surface area (Å²) in [5, 5.41) is 0. The maximum absolute atomic E-state index is 5.95. The second-order valence-electron chi connectivity index (χ2n) is 10.9. The lowest BCUT2D eigenvalue weighted by Crippen LogP contribution is -2.27. The van der Waals surface area contributed by atoms with Gasteiger partial charge in [-0.1, -0.05) is 0 Å². The van der Waals surface area contributed by atoms with Crippen molar-refractivity contribution in [1.29, 1.82) is 0 Å². The molecule has 21 heteroatoms. The van der Waals surface area contributed by atoms with E-state index in [2.05, 4.69) is 4.52 Å². The molecule has 0 aromatic carbocycles. The number of hydrogen-bond acceptors (Lipinski definition) is 19. The standard InChI is InChI=1S/C34H71NO18P2/c1-36-5-9-40-13-17-44-21-23-48-29-33(50-27-25-46-19-15-42-11-7-38-3)31-52-54-35-55-53-32-34(51-28-26-47-20-16-43-12-8-39-4)30-49-24-22-45-18-14-41-10-6-37-2/h33-34,54H,5-32H2,1-4H3. The SMILES string of the molecule is COCCOCCOCCOCC(COP=NPOCC(COCCOCCOCCOC)OCCOCCOCCOC)OCCOCCOCCOC. The van der Waals surface area contributed by atoms with Crippen molar-refractivity contribution in [2.75, 3.05) is 213 Å². The lowest BCUT2D eigenvalue weighted by Gasteiger charge is -2.18. The Hall–Kier alpha value is -0.190. The summed E-state index contributed by atoms with van der Waals surface area (Å²) >= 11 is 0. The highest BCUT2D eigenvalue weighted by Crippen LogP contribution is 2.21. The molecular weight excluding hydrogens is 772 g/mol. The van der Waals surface area contributed by atoms with Crippen LogP contribution < -0.4 is 0 Å². The molecule has 330 valence electrons. The van der Waals surface area contributed by atoms with Gasteiger partial charge in [0.2, 0.25) is 0 Å². The van der Waals surface area contributed by atoms with Crippen LogP contribution in [-0.4, -0.2) is 226 Å². The summed E-state index contributed by atoms with van der Waals surface area (Å²) in [7, 11) is 6.78. The van der Waals surface area contributed by atoms with Crippen LogP contribution in [0.4, 0.5) is 0 Å². The van der Waals surface area contributed by atoms with Crippen LogP contribution in [0, 0.1) is 0 Å². The molecule has 0 bridgehead atoms. The molecule has 0 fully saturated rings. The molecule has 0 saturated carbocycles. The predicted molar refractivity (Wildman–Crippen MR) is 205 cm³/mol. The zero-order chi connectivity index (χ0) is 39.8. The molecule has 55 heavy (non-hydrogen) atoms. The maximum Gasteiger partial charge on any atom is 0.178 e. The van der Waals surface area contributed by atoms with Gasteiger partial charge in [0, 0.05) is 28.4 Å². The fourth-order valence-electron chi connectivity index (χ4n) is 3.68. The van der Waals surface area contributed by atoms with Crippen LogP contribution >= 0.6 is 17.6 Å². The Bertz CT molecular complexity index is 743. The molecule has 3 unspecified atom stereocenters. The van der Waals surface area contributed by atoms with Gasteiger partial charge in [-0.15, -0.1) is 0 Å². The van der Waals surface area contributed by atoms with Crippen molar-refractivity contribution in [2.24, 2.45) is 4.52 Å². The van der Waals surface area contributed by atoms with Gasteiger partial charge in [0.15, 0.2) is 8.60 Å². The Morgan fingerprint density at radius 2 is 0.636 bits per heavy atom. The van der Waals surface area contributed by atoms with E-state index in [4.69, 9.17) is 84.8 Å². The lowest BCUT2D eigenvalue weighted by molar-refractivity contribution is -0.0662. The molecule has 0 radical (unpaired) electrons. The smallest absolute Gasteiger partial charge is 0.178 e.